The maximum absolute atomic E-state index is 15.8. The second kappa shape index (κ2) is 15.4. The smallest absolute Gasteiger partial charge is 0.186 e. The van der Waals surface area contributed by atoms with Crippen molar-refractivity contribution < 1.29 is 40.2 Å². The molecular formula is C47H69N3O8. The van der Waals surface area contributed by atoms with Gasteiger partial charge in [0.15, 0.2) is 5.78 Å². The molecule has 11 nitrogen and oxygen atoms in total. The summed E-state index contributed by atoms with van der Waals surface area (Å²) in [6, 6.07) is 0. The predicted octanol–water partition coefficient (Wildman–Crippen LogP) is 3.48. The van der Waals surface area contributed by atoms with E-state index < -0.39 is 69.8 Å². The van der Waals surface area contributed by atoms with E-state index in [9.17, 15) is 30.6 Å². The maximum atomic E-state index is 15.8. The molecule has 0 aromatic carbocycles. The molecule has 58 heavy (non-hydrogen) atoms. The van der Waals surface area contributed by atoms with Crippen molar-refractivity contribution in [2.45, 2.75) is 159 Å². The SMILES string of the molecule is CCCCCC[C@@H]1CO[C@@H]([C@@H](O)[C@](C)(O)[C@H]2CC[C@@]3(O)C4=C(NC[C@H](C)O)C(=O)[C@@]56CC#CC[C@@]23C[C@@H]2C=C[C@H](C3=CNC(N)C=C3)C[C@@]5(C[C@H](O)[C@H](O)C6)[C@H]42)[C@H]1C. The van der Waals surface area contributed by atoms with Gasteiger partial charge in [-0.25, -0.2) is 0 Å². The normalized spacial score (nSPS) is 45.9. The molecule has 3 spiro atoms. The van der Waals surface area contributed by atoms with Gasteiger partial charge in [-0.3, -0.25) is 4.79 Å². The monoisotopic (exact) mass is 804 g/mol. The Labute approximate surface area is 344 Å². The number of aliphatic hydroxyl groups excluding tert-OH is 4. The number of nitrogens with one attached hydrogen (secondary N) is 2. The highest BCUT2D eigenvalue weighted by molar-refractivity contribution is 6.03. The molecule has 0 radical (unpaired) electrons. The highest BCUT2D eigenvalue weighted by atomic mass is 16.5. The van der Waals surface area contributed by atoms with Crippen LogP contribution < -0.4 is 16.4 Å². The first-order valence-electron chi connectivity index (χ1n) is 22.4. The first kappa shape index (κ1) is 42.2. The number of nitrogens with two attached hydrogens (primary N) is 1. The third-order valence-electron chi connectivity index (χ3n) is 17.0. The predicted molar refractivity (Wildman–Crippen MR) is 220 cm³/mol. The lowest BCUT2D eigenvalue weighted by Gasteiger charge is -2.68. The van der Waals surface area contributed by atoms with Gasteiger partial charge in [0, 0.05) is 36.9 Å². The molecule has 10 N–H and O–H groups in total. The van der Waals surface area contributed by atoms with Crippen molar-refractivity contribution in [2.24, 2.45) is 57.5 Å². The van der Waals surface area contributed by atoms with Gasteiger partial charge in [0.1, 0.15) is 6.10 Å². The summed E-state index contributed by atoms with van der Waals surface area (Å²) >= 11 is 0. The molecule has 0 aromatic rings. The molecule has 0 aromatic heterocycles. The summed E-state index contributed by atoms with van der Waals surface area (Å²) in [6.07, 6.45) is 12.9. The van der Waals surface area contributed by atoms with Crippen LogP contribution >= 0.6 is 0 Å². The van der Waals surface area contributed by atoms with Gasteiger partial charge in [-0.2, -0.15) is 0 Å². The van der Waals surface area contributed by atoms with Crippen LogP contribution in [0.3, 0.4) is 0 Å². The fraction of sp³-hybridized carbons (Fsp3) is 0.766. The summed E-state index contributed by atoms with van der Waals surface area (Å²) in [5.41, 5.74) is 1.52. The molecule has 6 bridgehead atoms. The van der Waals surface area contributed by atoms with E-state index in [1.807, 2.05) is 18.4 Å². The van der Waals surface area contributed by atoms with E-state index >= 15 is 4.79 Å². The number of carbonyl (C=O) groups is 1. The van der Waals surface area contributed by atoms with E-state index in [2.05, 4.69) is 48.5 Å². The minimum Gasteiger partial charge on any atom is -0.392 e. The molecule has 1 unspecified atom stereocenters. The van der Waals surface area contributed by atoms with Crippen molar-refractivity contribution in [1.29, 1.82) is 0 Å². The number of carbonyl (C=O) groups excluding carboxylic acids is 1. The van der Waals surface area contributed by atoms with Crippen molar-refractivity contribution in [3.05, 3.63) is 47.3 Å². The van der Waals surface area contributed by atoms with E-state index in [-0.39, 0.29) is 80.0 Å². The summed E-state index contributed by atoms with van der Waals surface area (Å²) in [6.45, 7) is 8.30. The van der Waals surface area contributed by atoms with Crippen molar-refractivity contribution in [1.82, 2.24) is 10.6 Å². The molecule has 17 atom stereocenters. The number of allylic oxidation sites excluding steroid dienone is 5. The largest absolute Gasteiger partial charge is 0.392 e. The highest BCUT2D eigenvalue weighted by Crippen LogP contribution is 2.76. The van der Waals surface area contributed by atoms with Crippen LogP contribution in [0, 0.1) is 63.6 Å². The number of aliphatic hydroxyl groups is 6. The molecule has 0 amide bonds. The Hall–Kier alpha value is -2.53. The van der Waals surface area contributed by atoms with Crippen molar-refractivity contribution in [3.8, 4) is 11.8 Å². The zero-order chi connectivity index (χ0) is 41.4. The minimum atomic E-state index is -1.68. The average molecular weight is 804 g/mol. The third-order valence-corrected chi connectivity index (χ3v) is 17.0. The number of unbranched alkanes of at least 4 members (excludes halogenated alkanes) is 3. The lowest BCUT2D eigenvalue weighted by molar-refractivity contribution is -0.215. The van der Waals surface area contributed by atoms with Crippen LogP contribution in [0.15, 0.2) is 47.3 Å². The summed E-state index contributed by atoms with van der Waals surface area (Å²) in [5.74, 6) is 5.49. The molecule has 4 fully saturated rings. The molecule has 2 heterocycles. The second-order valence-corrected chi connectivity index (χ2v) is 20.1. The Morgan fingerprint density at radius 2 is 1.81 bits per heavy atom. The summed E-state index contributed by atoms with van der Waals surface area (Å²) in [7, 11) is 0. The number of rotatable bonds is 12. The number of hydrogen-bond donors (Lipinski definition) is 9. The lowest BCUT2D eigenvalue weighted by Crippen LogP contribution is -2.71. The van der Waals surface area contributed by atoms with Gasteiger partial charge in [0.2, 0.25) is 0 Å². The van der Waals surface area contributed by atoms with Crippen LogP contribution in [0.1, 0.15) is 111 Å². The molecule has 11 heteroatoms. The van der Waals surface area contributed by atoms with Crippen LogP contribution in [0.2, 0.25) is 0 Å². The van der Waals surface area contributed by atoms with E-state index in [0.717, 1.165) is 24.8 Å². The first-order chi connectivity index (χ1) is 27.6. The number of dihydropyridines is 1. The topological polar surface area (TPSA) is 198 Å². The van der Waals surface area contributed by atoms with Crippen LogP contribution in [0.4, 0.5) is 0 Å². The van der Waals surface area contributed by atoms with Crippen LogP contribution in [0.5, 0.6) is 0 Å². The fourth-order valence-electron chi connectivity index (χ4n) is 14.0. The van der Waals surface area contributed by atoms with Gasteiger partial charge in [0.05, 0.1) is 59.5 Å². The van der Waals surface area contributed by atoms with Gasteiger partial charge < -0.3 is 51.7 Å². The Morgan fingerprint density at radius 3 is 2.53 bits per heavy atom. The van der Waals surface area contributed by atoms with E-state index in [4.69, 9.17) is 10.5 Å². The standard InChI is InChI=1S/C47H69N3O8/c1-5-6-7-8-11-32-26-58-40(28(32)3)42(55)43(4,56)35-16-19-47(57)38-37-30-13-12-29(31-14-15-36(48)49-25-31)20-46(37)23-34(53)33(52)22-45(46,18-10-9-17-44(35,47)21-30)41(54)39(38)50-24-27(2)51/h12-15,25,27-30,32-37,40,42,49-53,55-57H,5-8,11,16-24,26,48H2,1-4H3/t27-,28-,29-,30-,32+,33+,34-,35+,36?,37-,40+,42+,43+,44+,45-,46+,47+/m0/s1. The Bertz CT molecular complexity index is 1800. The van der Waals surface area contributed by atoms with Crippen LogP contribution in [0.25, 0.3) is 0 Å². The summed E-state index contributed by atoms with van der Waals surface area (Å²) in [4.78, 5) is 15.8. The molecule has 320 valence electrons. The summed E-state index contributed by atoms with van der Waals surface area (Å²) < 4.78 is 6.36. The zero-order valence-corrected chi connectivity index (χ0v) is 35.0. The van der Waals surface area contributed by atoms with Gasteiger partial charge in [0.25, 0.3) is 0 Å². The van der Waals surface area contributed by atoms with Gasteiger partial charge in [-0.05, 0) is 111 Å². The Kier molecular flexibility index (Phi) is 11.2. The zero-order valence-electron chi connectivity index (χ0n) is 35.0. The molecule has 1 saturated heterocycles. The van der Waals surface area contributed by atoms with Gasteiger partial charge >= 0.3 is 0 Å². The maximum Gasteiger partial charge on any atom is 0.186 e. The Morgan fingerprint density at radius 1 is 1.05 bits per heavy atom. The van der Waals surface area contributed by atoms with E-state index in [0.29, 0.717) is 31.4 Å². The number of fused-ring (bicyclic) bond motifs is 3. The van der Waals surface area contributed by atoms with Crippen molar-refractivity contribution in [3.63, 3.8) is 0 Å². The molecule has 9 aliphatic rings. The fourth-order valence-corrected chi connectivity index (χ4v) is 14.0. The highest BCUT2D eigenvalue weighted by Gasteiger charge is 2.77. The van der Waals surface area contributed by atoms with Gasteiger partial charge in [-0.1, -0.05) is 57.8 Å². The minimum absolute atomic E-state index is 0.0229. The molecule has 2 aliphatic heterocycles. The first-order valence-corrected chi connectivity index (χ1v) is 22.4. The molecular weight excluding hydrogens is 735 g/mol. The Balaban J connectivity index is 1.28. The molecule has 3 saturated carbocycles. The van der Waals surface area contributed by atoms with Crippen molar-refractivity contribution in [2.75, 3.05) is 13.2 Å². The second-order valence-electron chi connectivity index (χ2n) is 20.1. The third kappa shape index (κ3) is 6.25. The average Bonchev–Trinajstić information content (AvgIpc) is 3.65. The van der Waals surface area contributed by atoms with E-state index in [1.165, 1.54) is 12.8 Å². The molecule has 9 rings (SSSR count). The van der Waals surface area contributed by atoms with Crippen LogP contribution in [-0.4, -0.2) is 97.5 Å². The number of ketones is 1. The number of ether oxygens (including phenoxy) is 1. The van der Waals surface area contributed by atoms with Gasteiger partial charge in [-0.15, -0.1) is 11.8 Å². The lowest BCUT2D eigenvalue weighted by atomic mass is 9.36. The molecule has 7 aliphatic carbocycles. The number of Topliss-reactive ketones (excluding diaryl/α,β-unsaturated/α-hetero) is 1. The van der Waals surface area contributed by atoms with Crippen LogP contribution in [-0.2, 0) is 9.53 Å². The van der Waals surface area contributed by atoms with E-state index in [1.54, 1.807) is 13.8 Å². The summed E-state index contributed by atoms with van der Waals surface area (Å²) in [5, 5.41) is 79.6. The van der Waals surface area contributed by atoms with Crippen molar-refractivity contribution >= 4 is 5.78 Å². The quantitative estimate of drug-likeness (QED) is 0.0796. The number of hydrogen-bond acceptors (Lipinski definition) is 11.